The van der Waals surface area contributed by atoms with Crippen LogP contribution in [0.15, 0.2) is 103 Å². The van der Waals surface area contributed by atoms with E-state index in [1.165, 1.54) is 12.1 Å². The average Bonchev–Trinajstić information content (AvgIpc) is 3.39. The van der Waals surface area contributed by atoms with Crippen LogP contribution in [0, 0.1) is 12.7 Å². The van der Waals surface area contributed by atoms with Gasteiger partial charge in [-0.2, -0.15) is 5.10 Å². The Morgan fingerprint density at radius 3 is 2.32 bits per heavy atom. The van der Waals surface area contributed by atoms with Gasteiger partial charge >= 0.3 is 6.09 Å². The Balaban J connectivity index is 1.32. The van der Waals surface area contributed by atoms with Gasteiger partial charge in [0, 0.05) is 5.39 Å². The molecule has 4 aromatic carbocycles. The molecule has 1 heterocycles. The van der Waals surface area contributed by atoms with E-state index in [0.717, 1.165) is 22.4 Å². The monoisotopic (exact) mass is 552 g/mol. The van der Waals surface area contributed by atoms with Crippen molar-refractivity contribution in [2.24, 2.45) is 0 Å². The van der Waals surface area contributed by atoms with Crippen LogP contribution in [0.1, 0.15) is 16.7 Å². The van der Waals surface area contributed by atoms with E-state index in [2.05, 4.69) is 15.7 Å². The van der Waals surface area contributed by atoms with Gasteiger partial charge in [0.25, 0.3) is 0 Å². The molecule has 0 aliphatic carbocycles. The second-order valence-corrected chi connectivity index (χ2v) is 9.53. The van der Waals surface area contributed by atoms with Crippen molar-refractivity contribution in [1.82, 2.24) is 15.1 Å². The van der Waals surface area contributed by atoms with Gasteiger partial charge in [-0.05, 0) is 47.9 Å². The number of amides is 2. The van der Waals surface area contributed by atoms with E-state index in [9.17, 15) is 9.59 Å². The standard InChI is InChI=1S/C32H29FN4O4/c1-22-9-8-14-26(15-22)37-30-17-28(27(33)16-25(30)18-34-37)35-31(38)29(21-40-19-23-10-4-2-5-11-23)36-32(39)41-20-24-12-6-3-7-13-24/h2-18,29H,19-21H2,1H3,(H,35,38)(H,36,39)/t29-/m0/s1. The number of aromatic nitrogens is 2. The summed E-state index contributed by atoms with van der Waals surface area (Å²) >= 11 is 0. The van der Waals surface area contributed by atoms with Gasteiger partial charge in [-0.15, -0.1) is 0 Å². The summed E-state index contributed by atoms with van der Waals surface area (Å²) in [4.78, 5) is 25.9. The van der Waals surface area contributed by atoms with Crippen LogP contribution < -0.4 is 10.6 Å². The number of hydrogen-bond acceptors (Lipinski definition) is 5. The van der Waals surface area contributed by atoms with Crippen LogP contribution in [0.5, 0.6) is 0 Å². The number of nitrogens with one attached hydrogen (secondary N) is 2. The number of nitrogens with zero attached hydrogens (tertiary/aromatic N) is 2. The zero-order valence-corrected chi connectivity index (χ0v) is 22.4. The fourth-order valence-corrected chi connectivity index (χ4v) is 4.29. The molecule has 1 atom stereocenters. The Kier molecular flexibility index (Phi) is 8.66. The van der Waals surface area contributed by atoms with Crippen LogP contribution >= 0.6 is 0 Å². The molecule has 0 radical (unpaired) electrons. The smallest absolute Gasteiger partial charge is 0.408 e. The third kappa shape index (κ3) is 7.14. The van der Waals surface area contributed by atoms with E-state index < -0.39 is 23.9 Å². The van der Waals surface area contributed by atoms with Gasteiger partial charge in [-0.1, -0.05) is 72.8 Å². The minimum atomic E-state index is -1.15. The van der Waals surface area contributed by atoms with Crippen LogP contribution in [0.4, 0.5) is 14.9 Å². The number of ether oxygens (including phenoxy) is 2. The third-order valence-corrected chi connectivity index (χ3v) is 6.38. The van der Waals surface area contributed by atoms with Crippen molar-refractivity contribution in [2.75, 3.05) is 11.9 Å². The Morgan fingerprint density at radius 1 is 0.902 bits per heavy atom. The van der Waals surface area contributed by atoms with Crippen molar-refractivity contribution in [2.45, 2.75) is 26.2 Å². The van der Waals surface area contributed by atoms with E-state index >= 15 is 4.39 Å². The summed E-state index contributed by atoms with van der Waals surface area (Å²) < 4.78 is 27.8. The molecule has 0 spiro atoms. The van der Waals surface area contributed by atoms with Crippen LogP contribution in [0.3, 0.4) is 0 Å². The van der Waals surface area contributed by atoms with Crippen molar-refractivity contribution >= 4 is 28.6 Å². The number of halogens is 1. The molecule has 0 aliphatic heterocycles. The Labute approximate surface area is 236 Å². The molecule has 41 heavy (non-hydrogen) atoms. The average molecular weight is 553 g/mol. The van der Waals surface area contributed by atoms with Crippen LogP contribution in [-0.4, -0.2) is 34.4 Å². The maximum atomic E-state index is 15.1. The predicted octanol–water partition coefficient (Wildman–Crippen LogP) is 5.92. The lowest BCUT2D eigenvalue weighted by Gasteiger charge is -2.19. The second kappa shape index (κ2) is 12.9. The molecule has 0 aliphatic rings. The summed E-state index contributed by atoms with van der Waals surface area (Å²) in [5, 5.41) is 10.1. The van der Waals surface area contributed by atoms with Crippen molar-refractivity contribution in [3.63, 3.8) is 0 Å². The summed E-state index contributed by atoms with van der Waals surface area (Å²) in [5.41, 5.74) is 4.11. The lowest BCUT2D eigenvalue weighted by molar-refractivity contribution is -0.119. The molecular formula is C32H29FN4O4. The van der Waals surface area contributed by atoms with Crippen molar-refractivity contribution in [3.8, 4) is 5.69 Å². The minimum Gasteiger partial charge on any atom is -0.445 e. The molecule has 9 heteroatoms. The quantitative estimate of drug-likeness (QED) is 0.224. The van der Waals surface area contributed by atoms with Crippen molar-refractivity contribution in [3.05, 3.63) is 126 Å². The number of aryl methyl sites for hydroxylation is 1. The van der Waals surface area contributed by atoms with Crippen molar-refractivity contribution < 1.29 is 23.5 Å². The Bertz CT molecular complexity index is 1640. The van der Waals surface area contributed by atoms with Gasteiger partial charge in [0.2, 0.25) is 5.91 Å². The van der Waals surface area contributed by atoms with Crippen LogP contribution in [-0.2, 0) is 27.5 Å². The molecular weight excluding hydrogens is 523 g/mol. The SMILES string of the molecule is Cc1cccc(-n2ncc3cc(F)c(NC(=O)[C@H](COCc4ccccc4)NC(=O)OCc4ccccc4)cc32)c1. The highest BCUT2D eigenvalue weighted by Gasteiger charge is 2.24. The van der Waals surface area contributed by atoms with Crippen molar-refractivity contribution in [1.29, 1.82) is 0 Å². The lowest BCUT2D eigenvalue weighted by Crippen LogP contribution is -2.47. The van der Waals surface area contributed by atoms with E-state index in [1.807, 2.05) is 91.9 Å². The zero-order valence-electron chi connectivity index (χ0n) is 22.4. The number of carbonyl (C=O) groups is 2. The molecule has 0 fully saturated rings. The van der Waals surface area contributed by atoms with E-state index in [-0.39, 0.29) is 25.5 Å². The minimum absolute atomic E-state index is 0.0279. The van der Waals surface area contributed by atoms with Crippen LogP contribution in [0.25, 0.3) is 16.6 Å². The fraction of sp³-hybridized carbons (Fsp3) is 0.156. The first kappa shape index (κ1) is 27.5. The van der Waals surface area contributed by atoms with Gasteiger partial charge in [-0.3, -0.25) is 4.79 Å². The second-order valence-electron chi connectivity index (χ2n) is 9.53. The van der Waals surface area contributed by atoms with E-state index in [1.54, 1.807) is 10.9 Å². The summed E-state index contributed by atoms with van der Waals surface area (Å²) in [5.74, 6) is -1.29. The molecule has 2 N–H and O–H groups in total. The molecule has 1 aromatic heterocycles. The van der Waals surface area contributed by atoms with Gasteiger partial charge < -0.3 is 20.1 Å². The largest absolute Gasteiger partial charge is 0.445 e. The molecule has 5 aromatic rings. The summed E-state index contributed by atoms with van der Waals surface area (Å²) in [6.07, 6.45) is 0.766. The molecule has 2 amide bonds. The number of fused-ring (bicyclic) bond motifs is 1. The number of anilines is 1. The first-order chi connectivity index (χ1) is 20.0. The van der Waals surface area contributed by atoms with E-state index in [0.29, 0.717) is 10.9 Å². The number of benzene rings is 4. The first-order valence-corrected chi connectivity index (χ1v) is 13.1. The summed E-state index contributed by atoms with van der Waals surface area (Å²) in [6.45, 7) is 2.06. The Morgan fingerprint density at radius 2 is 1.61 bits per heavy atom. The molecule has 0 saturated carbocycles. The summed E-state index contributed by atoms with van der Waals surface area (Å²) in [6, 6.07) is 28.0. The Hall–Kier alpha value is -5.02. The van der Waals surface area contributed by atoms with Gasteiger partial charge in [-0.25, -0.2) is 13.9 Å². The predicted molar refractivity (Wildman–Crippen MR) is 154 cm³/mol. The maximum absolute atomic E-state index is 15.1. The zero-order chi connectivity index (χ0) is 28.6. The molecule has 208 valence electrons. The number of hydrogen-bond donors (Lipinski definition) is 2. The van der Waals surface area contributed by atoms with E-state index in [4.69, 9.17) is 9.47 Å². The summed E-state index contributed by atoms with van der Waals surface area (Å²) in [7, 11) is 0. The van der Waals surface area contributed by atoms with Gasteiger partial charge in [0.15, 0.2) is 0 Å². The van der Waals surface area contributed by atoms with Crippen LogP contribution in [0.2, 0.25) is 0 Å². The fourth-order valence-electron chi connectivity index (χ4n) is 4.29. The first-order valence-electron chi connectivity index (χ1n) is 13.1. The molecule has 8 nitrogen and oxygen atoms in total. The molecule has 5 rings (SSSR count). The highest BCUT2D eigenvalue weighted by molar-refractivity contribution is 5.98. The molecule has 0 bridgehead atoms. The molecule has 0 unspecified atom stereocenters. The third-order valence-electron chi connectivity index (χ3n) is 6.38. The van der Waals surface area contributed by atoms with Gasteiger partial charge in [0.05, 0.1) is 36.3 Å². The normalized spacial score (nSPS) is 11.7. The number of alkyl carbamates (subject to hydrolysis) is 1. The number of rotatable bonds is 10. The highest BCUT2D eigenvalue weighted by atomic mass is 19.1. The topological polar surface area (TPSA) is 94.5 Å². The maximum Gasteiger partial charge on any atom is 0.408 e. The number of carbonyl (C=O) groups excluding carboxylic acids is 2. The molecule has 0 saturated heterocycles. The highest BCUT2D eigenvalue weighted by Crippen LogP contribution is 2.25. The van der Waals surface area contributed by atoms with Gasteiger partial charge in [0.1, 0.15) is 18.5 Å². The lowest BCUT2D eigenvalue weighted by atomic mass is 10.2.